The fourth-order valence-electron chi connectivity index (χ4n) is 1.75. The normalized spacial score (nSPS) is 10.8. The summed E-state index contributed by atoms with van der Waals surface area (Å²) in [6.45, 7) is 4.06. The number of aromatic nitrogens is 2. The molecule has 0 aliphatic rings. The molecule has 0 spiro atoms. The van der Waals surface area contributed by atoms with Crippen LogP contribution in [-0.4, -0.2) is 9.78 Å². The second-order valence-corrected chi connectivity index (χ2v) is 5.25. The molecule has 17 heavy (non-hydrogen) atoms. The molecule has 2 rings (SSSR count). The fourth-order valence-corrected chi connectivity index (χ4v) is 2.71. The molecule has 0 amide bonds. The van der Waals surface area contributed by atoms with Gasteiger partial charge >= 0.3 is 0 Å². The third-order valence-electron chi connectivity index (χ3n) is 2.64. The van der Waals surface area contributed by atoms with E-state index in [1.807, 2.05) is 24.7 Å². The quantitative estimate of drug-likeness (QED) is 0.670. The van der Waals surface area contributed by atoms with Crippen LogP contribution in [0.2, 0.25) is 0 Å². The van der Waals surface area contributed by atoms with Crippen molar-refractivity contribution in [2.45, 2.75) is 24.5 Å². The van der Waals surface area contributed by atoms with Gasteiger partial charge in [0.15, 0.2) is 0 Å². The average molecular weight is 247 g/mol. The maximum atomic E-state index is 5.99. The molecule has 2 aromatic rings. The van der Waals surface area contributed by atoms with Gasteiger partial charge in [-0.15, -0.1) is 11.8 Å². The molecule has 3 nitrogen and oxygen atoms in total. The van der Waals surface area contributed by atoms with Crippen molar-refractivity contribution in [1.82, 2.24) is 9.78 Å². The molecule has 0 fully saturated rings. The minimum absolute atomic E-state index is 0.855. The molecule has 1 heterocycles. The van der Waals surface area contributed by atoms with Crippen molar-refractivity contribution in [3.8, 4) is 0 Å². The van der Waals surface area contributed by atoms with E-state index in [4.69, 9.17) is 5.73 Å². The summed E-state index contributed by atoms with van der Waals surface area (Å²) in [6, 6.07) is 8.29. The van der Waals surface area contributed by atoms with Crippen LogP contribution in [0.15, 0.2) is 29.2 Å². The monoisotopic (exact) mass is 247 g/mol. The van der Waals surface area contributed by atoms with Crippen molar-refractivity contribution in [1.29, 1.82) is 0 Å². The average Bonchev–Trinajstić information content (AvgIpc) is 2.56. The molecule has 4 heteroatoms. The predicted octanol–water partition coefficient (Wildman–Crippen LogP) is 2.91. The summed E-state index contributed by atoms with van der Waals surface area (Å²) in [6.07, 6.45) is 0. The smallest absolute Gasteiger partial charge is 0.0596 e. The van der Waals surface area contributed by atoms with Crippen LogP contribution < -0.4 is 5.73 Å². The highest BCUT2D eigenvalue weighted by atomic mass is 32.2. The van der Waals surface area contributed by atoms with Gasteiger partial charge in [0.05, 0.1) is 5.69 Å². The second kappa shape index (κ2) is 4.84. The largest absolute Gasteiger partial charge is 0.398 e. The highest BCUT2D eigenvalue weighted by Gasteiger charge is 2.05. The van der Waals surface area contributed by atoms with E-state index >= 15 is 0 Å². The molecule has 0 bridgehead atoms. The number of hydrogen-bond donors (Lipinski definition) is 1. The molecule has 0 saturated carbocycles. The molecular weight excluding hydrogens is 230 g/mol. The summed E-state index contributed by atoms with van der Waals surface area (Å²) in [4.78, 5) is 1.13. The first kappa shape index (κ1) is 12.0. The lowest BCUT2D eigenvalue weighted by Crippen LogP contribution is -1.97. The molecule has 0 unspecified atom stereocenters. The van der Waals surface area contributed by atoms with Gasteiger partial charge in [-0.05, 0) is 37.6 Å². The number of hydrogen-bond acceptors (Lipinski definition) is 3. The Morgan fingerprint density at radius 3 is 2.65 bits per heavy atom. The number of anilines is 1. The molecule has 1 aromatic heterocycles. The van der Waals surface area contributed by atoms with E-state index in [0.29, 0.717) is 0 Å². The van der Waals surface area contributed by atoms with E-state index in [1.165, 1.54) is 11.3 Å². The van der Waals surface area contributed by atoms with Crippen LogP contribution in [0.4, 0.5) is 5.69 Å². The molecule has 0 saturated heterocycles. The number of nitrogens with zero attached hydrogens (tertiary/aromatic N) is 2. The third-order valence-corrected chi connectivity index (χ3v) is 3.76. The zero-order chi connectivity index (χ0) is 12.4. The van der Waals surface area contributed by atoms with Crippen molar-refractivity contribution in [2.75, 3.05) is 5.73 Å². The Kier molecular flexibility index (Phi) is 3.43. The van der Waals surface area contributed by atoms with Crippen LogP contribution in [0.3, 0.4) is 0 Å². The number of thioether (sulfide) groups is 1. The molecule has 90 valence electrons. The third kappa shape index (κ3) is 2.82. The minimum Gasteiger partial charge on any atom is -0.398 e. The summed E-state index contributed by atoms with van der Waals surface area (Å²) < 4.78 is 1.92. The summed E-state index contributed by atoms with van der Waals surface area (Å²) >= 11 is 1.75. The van der Waals surface area contributed by atoms with E-state index in [-0.39, 0.29) is 0 Å². The first-order chi connectivity index (χ1) is 8.06. The number of aryl methyl sites for hydroxylation is 3. The van der Waals surface area contributed by atoms with Crippen molar-refractivity contribution in [2.24, 2.45) is 7.05 Å². The van der Waals surface area contributed by atoms with Gasteiger partial charge in [-0.25, -0.2) is 0 Å². The molecule has 2 N–H and O–H groups in total. The van der Waals surface area contributed by atoms with Crippen LogP contribution in [0, 0.1) is 13.8 Å². The first-order valence-corrected chi connectivity index (χ1v) is 6.53. The molecule has 1 aromatic carbocycles. The van der Waals surface area contributed by atoms with Crippen LogP contribution in [0.5, 0.6) is 0 Å². The Morgan fingerprint density at radius 2 is 2.06 bits per heavy atom. The topological polar surface area (TPSA) is 43.8 Å². The number of benzene rings is 1. The van der Waals surface area contributed by atoms with Gasteiger partial charge < -0.3 is 5.73 Å². The van der Waals surface area contributed by atoms with Gasteiger partial charge in [-0.1, -0.05) is 6.07 Å². The van der Waals surface area contributed by atoms with Crippen molar-refractivity contribution < 1.29 is 0 Å². The van der Waals surface area contributed by atoms with Crippen LogP contribution in [0.1, 0.15) is 17.0 Å². The molecule has 0 atom stereocenters. The summed E-state index contributed by atoms with van der Waals surface area (Å²) in [5.41, 5.74) is 10.3. The Balaban J connectivity index is 2.10. The van der Waals surface area contributed by atoms with Gasteiger partial charge in [0.1, 0.15) is 0 Å². The van der Waals surface area contributed by atoms with E-state index in [1.54, 1.807) is 11.8 Å². The molecular formula is C13H17N3S. The van der Waals surface area contributed by atoms with Crippen LogP contribution in [-0.2, 0) is 12.8 Å². The van der Waals surface area contributed by atoms with E-state index in [2.05, 4.69) is 30.2 Å². The lowest BCUT2D eigenvalue weighted by molar-refractivity contribution is 0.727. The highest BCUT2D eigenvalue weighted by Crippen LogP contribution is 2.28. The molecule has 0 aliphatic heterocycles. The Hall–Kier alpha value is -1.42. The van der Waals surface area contributed by atoms with Gasteiger partial charge in [-0.2, -0.15) is 5.10 Å². The van der Waals surface area contributed by atoms with Gasteiger partial charge in [-0.3, -0.25) is 4.68 Å². The second-order valence-electron chi connectivity index (χ2n) is 4.23. The number of rotatable bonds is 3. The zero-order valence-electron chi connectivity index (χ0n) is 10.4. The minimum atomic E-state index is 0.855. The Bertz CT molecular complexity index is 531. The Labute approximate surface area is 106 Å². The maximum Gasteiger partial charge on any atom is 0.0596 e. The lowest BCUT2D eigenvalue weighted by atomic mass is 10.2. The predicted molar refractivity (Wildman–Crippen MR) is 73.1 cm³/mol. The highest BCUT2D eigenvalue weighted by molar-refractivity contribution is 7.98. The Morgan fingerprint density at radius 1 is 1.29 bits per heavy atom. The van der Waals surface area contributed by atoms with Crippen molar-refractivity contribution >= 4 is 17.4 Å². The lowest BCUT2D eigenvalue weighted by Gasteiger charge is -2.06. The van der Waals surface area contributed by atoms with Gasteiger partial charge in [0.2, 0.25) is 0 Å². The maximum absolute atomic E-state index is 5.99. The fraction of sp³-hybridized carbons (Fsp3) is 0.308. The van der Waals surface area contributed by atoms with Crippen LogP contribution in [0.25, 0.3) is 0 Å². The summed E-state index contributed by atoms with van der Waals surface area (Å²) in [5.74, 6) is 0.893. The van der Waals surface area contributed by atoms with Gasteiger partial charge in [0.25, 0.3) is 0 Å². The SMILES string of the molecule is Cc1ccc(SCc2cc(C)nn2C)c(N)c1. The summed E-state index contributed by atoms with van der Waals surface area (Å²) in [5, 5.41) is 4.33. The number of nitrogens with two attached hydrogens (primary N) is 1. The van der Waals surface area contributed by atoms with E-state index in [9.17, 15) is 0 Å². The van der Waals surface area contributed by atoms with Gasteiger partial charge in [0, 0.05) is 29.1 Å². The standard InChI is InChI=1S/C13H17N3S/c1-9-4-5-13(12(14)6-9)17-8-11-7-10(2)15-16(11)3/h4-7H,8,14H2,1-3H3. The summed E-state index contributed by atoms with van der Waals surface area (Å²) in [7, 11) is 1.97. The number of nitrogen functional groups attached to an aromatic ring is 1. The molecule has 0 radical (unpaired) electrons. The van der Waals surface area contributed by atoms with E-state index in [0.717, 1.165) is 22.0 Å². The van der Waals surface area contributed by atoms with E-state index < -0.39 is 0 Å². The molecule has 0 aliphatic carbocycles. The van der Waals surface area contributed by atoms with Crippen molar-refractivity contribution in [3.63, 3.8) is 0 Å². The zero-order valence-corrected chi connectivity index (χ0v) is 11.2. The first-order valence-electron chi connectivity index (χ1n) is 5.54. The van der Waals surface area contributed by atoms with Crippen LogP contribution >= 0.6 is 11.8 Å². The van der Waals surface area contributed by atoms with Crippen molar-refractivity contribution in [3.05, 3.63) is 41.2 Å².